The van der Waals surface area contributed by atoms with Gasteiger partial charge in [-0.25, -0.2) is 9.18 Å². The van der Waals surface area contributed by atoms with Crippen LogP contribution in [-0.2, 0) is 0 Å². The van der Waals surface area contributed by atoms with Gasteiger partial charge in [-0.2, -0.15) is 0 Å². The number of pyridine rings is 1. The van der Waals surface area contributed by atoms with Crippen molar-refractivity contribution < 1.29 is 14.3 Å². The summed E-state index contributed by atoms with van der Waals surface area (Å²) in [7, 11) is 0. The highest BCUT2D eigenvalue weighted by Crippen LogP contribution is 2.57. The number of aryl methyl sites for hydroxylation is 1. The zero-order valence-electron chi connectivity index (χ0n) is 16.1. The summed E-state index contributed by atoms with van der Waals surface area (Å²) < 4.78 is 17.3. The van der Waals surface area contributed by atoms with Gasteiger partial charge in [0, 0.05) is 25.3 Å². The van der Waals surface area contributed by atoms with Gasteiger partial charge in [0.15, 0.2) is 5.82 Å². The van der Waals surface area contributed by atoms with E-state index in [1.165, 1.54) is 19.0 Å². The highest BCUT2D eigenvalue weighted by atomic mass is 19.1. The number of halogens is 1. The Morgan fingerprint density at radius 2 is 2.04 bits per heavy atom. The van der Waals surface area contributed by atoms with Crippen LogP contribution in [0, 0.1) is 24.1 Å². The van der Waals surface area contributed by atoms with E-state index in [4.69, 9.17) is 5.73 Å². The maximum absolute atomic E-state index is 15.4. The van der Waals surface area contributed by atoms with Gasteiger partial charge < -0.3 is 20.3 Å². The minimum Gasteiger partial charge on any atom is -0.477 e. The Balaban J connectivity index is 1.81. The molecule has 1 spiro atoms. The zero-order valence-corrected chi connectivity index (χ0v) is 16.1. The van der Waals surface area contributed by atoms with Crippen LogP contribution in [0.15, 0.2) is 11.0 Å². The molecule has 1 saturated heterocycles. The summed E-state index contributed by atoms with van der Waals surface area (Å²) in [5.74, 6) is -1.42. The van der Waals surface area contributed by atoms with Crippen molar-refractivity contribution in [2.75, 3.05) is 23.7 Å². The summed E-state index contributed by atoms with van der Waals surface area (Å²) in [6, 6.07) is 0.130. The molecule has 1 aromatic carbocycles. The van der Waals surface area contributed by atoms with Crippen molar-refractivity contribution in [2.45, 2.75) is 45.6 Å². The number of aromatic nitrogens is 1. The van der Waals surface area contributed by atoms with E-state index in [-0.39, 0.29) is 28.1 Å². The summed E-state index contributed by atoms with van der Waals surface area (Å²) in [5.41, 5.74) is 6.83. The first kappa shape index (κ1) is 17.5. The van der Waals surface area contributed by atoms with Crippen LogP contribution >= 0.6 is 0 Å². The van der Waals surface area contributed by atoms with Gasteiger partial charge in [-0.3, -0.25) is 4.79 Å². The summed E-state index contributed by atoms with van der Waals surface area (Å²) >= 11 is 0. The zero-order chi connectivity index (χ0) is 20.0. The molecule has 28 heavy (non-hydrogen) atoms. The number of fused-ring (bicyclic) bond motifs is 1. The standard InChI is InChI=1S/C21H24FN3O3/c1-10-7-24(9-21(10)5-6-21)18-11(2)17-14(16(23)15(18)22)19(26)13(20(27)28)8-25(17)12-3-4-12/h8,10,12H,3-7,9,23H2,1-2H3,(H,27,28). The normalized spacial score (nSPS) is 23.0. The van der Waals surface area contributed by atoms with Crippen LogP contribution in [-0.4, -0.2) is 28.7 Å². The lowest BCUT2D eigenvalue weighted by atomic mass is 9.95. The number of nitrogens with zero attached hydrogens (tertiary/aromatic N) is 2. The van der Waals surface area contributed by atoms with Crippen molar-refractivity contribution in [3.05, 3.63) is 33.4 Å². The molecule has 2 aliphatic carbocycles. The quantitative estimate of drug-likeness (QED) is 0.792. The van der Waals surface area contributed by atoms with Gasteiger partial charge in [-0.05, 0) is 49.5 Å². The highest BCUT2D eigenvalue weighted by Gasteiger charge is 2.53. The summed E-state index contributed by atoms with van der Waals surface area (Å²) in [6.45, 7) is 5.60. The topological polar surface area (TPSA) is 88.6 Å². The second-order valence-electron chi connectivity index (χ2n) is 8.88. The number of hydrogen-bond acceptors (Lipinski definition) is 4. The Hall–Kier alpha value is -2.57. The lowest BCUT2D eigenvalue weighted by molar-refractivity contribution is 0.0695. The Kier molecular flexibility index (Phi) is 3.44. The van der Waals surface area contributed by atoms with E-state index in [0.29, 0.717) is 22.7 Å². The molecule has 3 aliphatic rings. The molecule has 1 unspecified atom stereocenters. The molecule has 6 nitrogen and oxygen atoms in total. The molecule has 1 aromatic heterocycles. The number of carboxylic acid groups (broad SMARTS) is 1. The van der Waals surface area contributed by atoms with Crippen molar-refractivity contribution in [3.8, 4) is 0 Å². The van der Waals surface area contributed by atoms with Crippen LogP contribution < -0.4 is 16.1 Å². The number of hydrogen-bond donors (Lipinski definition) is 2. The molecule has 3 N–H and O–H groups in total. The maximum Gasteiger partial charge on any atom is 0.341 e. The molecule has 3 fully saturated rings. The van der Waals surface area contributed by atoms with Crippen LogP contribution in [0.5, 0.6) is 0 Å². The molecule has 148 valence electrons. The molecule has 0 bridgehead atoms. The number of nitrogens with two attached hydrogens (primary N) is 1. The lowest BCUT2D eigenvalue weighted by Gasteiger charge is -2.25. The maximum atomic E-state index is 15.4. The van der Waals surface area contributed by atoms with Crippen molar-refractivity contribution in [1.82, 2.24) is 4.57 Å². The van der Waals surface area contributed by atoms with E-state index in [2.05, 4.69) is 11.8 Å². The lowest BCUT2D eigenvalue weighted by Crippen LogP contribution is -2.26. The largest absolute Gasteiger partial charge is 0.477 e. The van der Waals surface area contributed by atoms with Crippen LogP contribution in [0.2, 0.25) is 0 Å². The number of rotatable bonds is 3. The SMILES string of the molecule is Cc1c(N2CC(C)C3(CC3)C2)c(F)c(N)c2c(=O)c(C(=O)O)cn(C3CC3)c12. The van der Waals surface area contributed by atoms with Crippen LogP contribution in [0.1, 0.15) is 54.6 Å². The number of benzene rings is 1. The molecule has 1 atom stereocenters. The Bertz CT molecular complexity index is 1100. The molecule has 2 saturated carbocycles. The molecule has 7 heteroatoms. The molecular weight excluding hydrogens is 361 g/mol. The average molecular weight is 385 g/mol. The molecule has 1 aliphatic heterocycles. The van der Waals surface area contributed by atoms with E-state index < -0.39 is 17.2 Å². The van der Waals surface area contributed by atoms with Crippen LogP contribution in [0.25, 0.3) is 10.9 Å². The van der Waals surface area contributed by atoms with E-state index in [9.17, 15) is 14.7 Å². The van der Waals surface area contributed by atoms with Gasteiger partial charge in [0.25, 0.3) is 0 Å². The first-order valence-electron chi connectivity index (χ1n) is 9.90. The van der Waals surface area contributed by atoms with Gasteiger partial charge in [0.05, 0.1) is 22.3 Å². The first-order valence-corrected chi connectivity index (χ1v) is 9.90. The van der Waals surface area contributed by atoms with E-state index in [1.807, 2.05) is 11.5 Å². The van der Waals surface area contributed by atoms with Crippen LogP contribution in [0.4, 0.5) is 15.8 Å². The monoisotopic (exact) mass is 385 g/mol. The Morgan fingerprint density at radius 3 is 2.57 bits per heavy atom. The van der Waals surface area contributed by atoms with Gasteiger partial charge >= 0.3 is 5.97 Å². The number of aromatic carboxylic acids is 1. The number of anilines is 2. The van der Waals surface area contributed by atoms with Crippen LogP contribution in [0.3, 0.4) is 0 Å². The predicted molar refractivity (Wildman–Crippen MR) is 106 cm³/mol. The van der Waals surface area contributed by atoms with Gasteiger partial charge in [-0.1, -0.05) is 6.92 Å². The summed E-state index contributed by atoms with van der Waals surface area (Å²) in [4.78, 5) is 26.5. The molecule has 5 rings (SSSR count). The Morgan fingerprint density at radius 1 is 1.36 bits per heavy atom. The first-order chi connectivity index (χ1) is 13.2. The van der Waals surface area contributed by atoms with Gasteiger partial charge in [-0.15, -0.1) is 0 Å². The molecule has 2 aromatic rings. The molecule has 0 amide bonds. The Labute approximate surface area is 161 Å². The molecular formula is C21H24FN3O3. The van der Waals surface area contributed by atoms with E-state index in [0.717, 1.165) is 25.9 Å². The second kappa shape index (κ2) is 5.49. The minimum absolute atomic E-state index is 0.000990. The number of carbonyl (C=O) groups is 1. The van der Waals surface area contributed by atoms with E-state index >= 15 is 4.39 Å². The number of nitrogen functional groups attached to an aromatic ring is 1. The highest BCUT2D eigenvalue weighted by molar-refractivity contribution is 6.01. The summed E-state index contributed by atoms with van der Waals surface area (Å²) in [6.07, 6.45) is 5.57. The van der Waals surface area contributed by atoms with E-state index in [1.54, 1.807) is 0 Å². The fourth-order valence-electron chi connectivity index (χ4n) is 5.05. The predicted octanol–water partition coefficient (Wildman–Crippen LogP) is 3.30. The third kappa shape index (κ3) is 2.25. The summed E-state index contributed by atoms with van der Waals surface area (Å²) in [5, 5.41) is 9.45. The van der Waals surface area contributed by atoms with Crippen molar-refractivity contribution in [1.29, 1.82) is 0 Å². The fraction of sp³-hybridized carbons (Fsp3) is 0.524. The average Bonchev–Trinajstić information content (AvgIpc) is 3.53. The molecule has 0 radical (unpaired) electrons. The van der Waals surface area contributed by atoms with Crippen molar-refractivity contribution >= 4 is 28.2 Å². The third-order valence-corrected chi connectivity index (χ3v) is 7.08. The van der Waals surface area contributed by atoms with Crippen molar-refractivity contribution in [2.24, 2.45) is 11.3 Å². The number of carboxylic acids is 1. The minimum atomic E-state index is -1.31. The van der Waals surface area contributed by atoms with Gasteiger partial charge in [0.1, 0.15) is 5.56 Å². The smallest absolute Gasteiger partial charge is 0.341 e. The van der Waals surface area contributed by atoms with Crippen molar-refractivity contribution in [3.63, 3.8) is 0 Å². The second-order valence-corrected chi connectivity index (χ2v) is 8.88. The molecule has 2 heterocycles. The van der Waals surface area contributed by atoms with Gasteiger partial charge in [0.2, 0.25) is 5.43 Å². The third-order valence-electron chi connectivity index (χ3n) is 7.08. The fourth-order valence-corrected chi connectivity index (χ4v) is 5.05.